The molecule has 2 aromatic rings. The molecular formula is C16H15FN2O6. The number of carbonyl (C=O) groups is 2. The van der Waals surface area contributed by atoms with E-state index in [-0.39, 0.29) is 17.0 Å². The number of ketones is 1. The zero-order valence-electron chi connectivity index (χ0n) is 13.7. The van der Waals surface area contributed by atoms with E-state index >= 15 is 0 Å². The van der Waals surface area contributed by atoms with E-state index in [0.717, 1.165) is 18.2 Å². The second kappa shape index (κ2) is 7.12. The number of hydrogen-bond acceptors (Lipinski definition) is 6. The Balaban J connectivity index is 2.24. The lowest BCUT2D eigenvalue weighted by molar-refractivity contribution is -0.385. The van der Waals surface area contributed by atoms with Gasteiger partial charge in [-0.2, -0.15) is 0 Å². The molecule has 0 aliphatic carbocycles. The molecule has 1 aromatic heterocycles. The van der Waals surface area contributed by atoms with E-state index in [9.17, 15) is 24.1 Å². The van der Waals surface area contributed by atoms with Gasteiger partial charge in [-0.15, -0.1) is 0 Å². The third kappa shape index (κ3) is 3.65. The van der Waals surface area contributed by atoms with Crippen molar-refractivity contribution in [3.05, 3.63) is 56.6 Å². The molecular weight excluding hydrogens is 335 g/mol. The summed E-state index contributed by atoms with van der Waals surface area (Å²) >= 11 is 0. The monoisotopic (exact) mass is 350 g/mol. The molecule has 132 valence electrons. The van der Waals surface area contributed by atoms with E-state index in [1.165, 1.54) is 7.11 Å². The van der Waals surface area contributed by atoms with Crippen molar-refractivity contribution in [1.29, 1.82) is 0 Å². The fourth-order valence-electron chi connectivity index (χ4n) is 2.41. The molecule has 0 aliphatic rings. The molecule has 0 aliphatic heterocycles. The summed E-state index contributed by atoms with van der Waals surface area (Å²) in [5.74, 6) is -2.22. The van der Waals surface area contributed by atoms with Gasteiger partial charge in [0.15, 0.2) is 12.4 Å². The van der Waals surface area contributed by atoms with Crippen molar-refractivity contribution in [3.63, 3.8) is 0 Å². The van der Waals surface area contributed by atoms with Crippen LogP contribution in [0.15, 0.2) is 18.2 Å². The van der Waals surface area contributed by atoms with Gasteiger partial charge in [0.1, 0.15) is 5.82 Å². The molecule has 0 radical (unpaired) electrons. The molecule has 1 aromatic carbocycles. The van der Waals surface area contributed by atoms with Crippen LogP contribution in [0.1, 0.15) is 32.1 Å². The number of rotatable bonds is 6. The van der Waals surface area contributed by atoms with Crippen molar-refractivity contribution < 1.29 is 28.4 Å². The average Bonchev–Trinajstić information content (AvgIpc) is 2.86. The first-order chi connectivity index (χ1) is 11.8. The van der Waals surface area contributed by atoms with Crippen LogP contribution in [-0.4, -0.2) is 35.4 Å². The minimum atomic E-state index is -0.737. The van der Waals surface area contributed by atoms with Crippen molar-refractivity contribution in [1.82, 2.24) is 4.98 Å². The van der Waals surface area contributed by atoms with Crippen LogP contribution in [0.5, 0.6) is 5.75 Å². The van der Waals surface area contributed by atoms with Gasteiger partial charge in [-0.1, -0.05) is 0 Å². The Labute approximate surface area is 141 Å². The number of Topliss-reactive ketones (excluding diaryl/α,β-unsaturated/α-hetero) is 1. The van der Waals surface area contributed by atoms with E-state index in [0.29, 0.717) is 11.3 Å². The van der Waals surface area contributed by atoms with Gasteiger partial charge in [-0.3, -0.25) is 14.9 Å². The number of carbonyl (C=O) groups excluding carboxylic acids is 2. The smallest absolute Gasteiger partial charge is 0.339 e. The third-order valence-electron chi connectivity index (χ3n) is 3.58. The number of methoxy groups -OCH3 is 1. The van der Waals surface area contributed by atoms with Crippen molar-refractivity contribution in [3.8, 4) is 5.75 Å². The molecule has 0 saturated carbocycles. The Morgan fingerprint density at radius 2 is 2.00 bits per heavy atom. The van der Waals surface area contributed by atoms with E-state index in [1.54, 1.807) is 13.8 Å². The first kappa shape index (κ1) is 18.1. The maximum absolute atomic E-state index is 13.3. The molecule has 0 amide bonds. The molecule has 2 rings (SSSR count). The molecule has 0 spiro atoms. The van der Waals surface area contributed by atoms with E-state index in [4.69, 9.17) is 4.74 Å². The van der Waals surface area contributed by atoms with Gasteiger partial charge in [0, 0.05) is 17.8 Å². The fourth-order valence-corrected chi connectivity index (χ4v) is 2.41. The van der Waals surface area contributed by atoms with Crippen LogP contribution >= 0.6 is 0 Å². The fraction of sp³-hybridized carbons (Fsp3) is 0.250. The van der Waals surface area contributed by atoms with Crippen LogP contribution in [-0.2, 0) is 4.74 Å². The van der Waals surface area contributed by atoms with Gasteiger partial charge >= 0.3 is 11.7 Å². The number of aromatic amines is 1. The Kier molecular flexibility index (Phi) is 5.16. The largest absolute Gasteiger partial charge is 0.478 e. The zero-order valence-corrected chi connectivity index (χ0v) is 13.7. The summed E-state index contributed by atoms with van der Waals surface area (Å²) in [4.78, 5) is 37.0. The number of nitrogens with one attached hydrogen (secondary N) is 1. The number of nitro groups is 1. The predicted molar refractivity (Wildman–Crippen MR) is 84.5 cm³/mol. The summed E-state index contributed by atoms with van der Waals surface area (Å²) in [5.41, 5.74) is 0.736. The van der Waals surface area contributed by atoms with Crippen LogP contribution < -0.4 is 4.74 Å². The summed E-state index contributed by atoms with van der Waals surface area (Å²) in [7, 11) is 1.22. The number of H-pyrrole nitrogens is 1. The molecule has 0 atom stereocenters. The van der Waals surface area contributed by atoms with Crippen molar-refractivity contribution in [2.24, 2.45) is 0 Å². The highest BCUT2D eigenvalue weighted by molar-refractivity contribution is 6.02. The first-order valence-electron chi connectivity index (χ1n) is 7.13. The Bertz CT molecular complexity index is 859. The molecule has 0 unspecified atom stereocenters. The molecule has 9 heteroatoms. The van der Waals surface area contributed by atoms with Crippen LogP contribution in [0, 0.1) is 29.8 Å². The van der Waals surface area contributed by atoms with Crippen molar-refractivity contribution in [2.75, 3.05) is 13.7 Å². The second-order valence-electron chi connectivity index (χ2n) is 5.20. The van der Waals surface area contributed by atoms with E-state index in [2.05, 4.69) is 9.72 Å². The Morgan fingerprint density at radius 1 is 1.32 bits per heavy atom. The number of hydrogen-bond donors (Lipinski definition) is 1. The maximum atomic E-state index is 13.3. The molecule has 1 heterocycles. The lowest BCUT2D eigenvalue weighted by Crippen LogP contribution is -2.14. The second-order valence-corrected chi connectivity index (χ2v) is 5.20. The van der Waals surface area contributed by atoms with E-state index in [1.807, 2.05) is 0 Å². The highest BCUT2D eigenvalue weighted by Crippen LogP contribution is 2.28. The molecule has 8 nitrogen and oxygen atoms in total. The van der Waals surface area contributed by atoms with Crippen LogP contribution in [0.3, 0.4) is 0 Å². The number of nitro benzene ring substituents is 1. The highest BCUT2D eigenvalue weighted by Gasteiger charge is 2.24. The number of aromatic nitrogens is 1. The van der Waals surface area contributed by atoms with Gasteiger partial charge in [0.05, 0.1) is 23.3 Å². The predicted octanol–water partition coefficient (Wildman–Crippen LogP) is 2.73. The van der Waals surface area contributed by atoms with Gasteiger partial charge in [0.2, 0.25) is 5.78 Å². The van der Waals surface area contributed by atoms with Crippen LogP contribution in [0.2, 0.25) is 0 Å². The Hall–Kier alpha value is -3.23. The number of aryl methyl sites for hydroxylation is 1. The van der Waals surface area contributed by atoms with Gasteiger partial charge in [0.25, 0.3) is 0 Å². The normalized spacial score (nSPS) is 10.4. The zero-order chi connectivity index (χ0) is 18.7. The lowest BCUT2D eigenvalue weighted by atomic mass is 10.1. The SMILES string of the molecule is COC(=O)c1c(C)[nH]c(C(=O)COc2cc(F)ccc2[N+](=O)[O-])c1C. The molecule has 25 heavy (non-hydrogen) atoms. The molecule has 1 N–H and O–H groups in total. The number of halogens is 1. The summed E-state index contributed by atoms with van der Waals surface area (Å²) in [5, 5.41) is 10.9. The summed E-state index contributed by atoms with van der Waals surface area (Å²) in [6.45, 7) is 2.60. The molecule has 0 saturated heterocycles. The summed E-state index contributed by atoms with van der Waals surface area (Å²) < 4.78 is 23.0. The van der Waals surface area contributed by atoms with Crippen LogP contribution in [0.25, 0.3) is 0 Å². The Morgan fingerprint density at radius 3 is 2.60 bits per heavy atom. The van der Waals surface area contributed by atoms with Crippen molar-refractivity contribution >= 4 is 17.4 Å². The number of esters is 1. The lowest BCUT2D eigenvalue weighted by Gasteiger charge is -2.06. The number of nitrogens with zero attached hydrogens (tertiary/aromatic N) is 1. The minimum absolute atomic E-state index is 0.122. The minimum Gasteiger partial charge on any atom is -0.478 e. The van der Waals surface area contributed by atoms with Gasteiger partial charge in [-0.05, 0) is 25.5 Å². The summed E-state index contributed by atoms with van der Waals surface area (Å²) in [6.07, 6.45) is 0. The highest BCUT2D eigenvalue weighted by atomic mass is 19.1. The standard InChI is InChI=1S/C16H15FN2O6/c1-8-14(16(21)24-3)9(2)18-15(8)12(20)7-25-13-6-10(17)4-5-11(13)19(22)23/h4-6,18H,7H2,1-3H3. The van der Waals surface area contributed by atoms with Gasteiger partial charge in [-0.25, -0.2) is 9.18 Å². The molecule has 0 fully saturated rings. The van der Waals surface area contributed by atoms with Crippen LogP contribution in [0.4, 0.5) is 10.1 Å². The maximum Gasteiger partial charge on any atom is 0.339 e. The van der Waals surface area contributed by atoms with E-state index < -0.39 is 34.8 Å². The average molecular weight is 350 g/mol. The first-order valence-corrected chi connectivity index (χ1v) is 7.13. The van der Waals surface area contributed by atoms with Gasteiger partial charge < -0.3 is 14.5 Å². The third-order valence-corrected chi connectivity index (χ3v) is 3.58. The topological polar surface area (TPSA) is 112 Å². The van der Waals surface area contributed by atoms with Crippen molar-refractivity contribution in [2.45, 2.75) is 13.8 Å². The number of benzene rings is 1. The molecule has 0 bridgehead atoms. The summed E-state index contributed by atoms with van der Waals surface area (Å²) in [6, 6.07) is 2.71. The number of ether oxygens (including phenoxy) is 2. The quantitative estimate of drug-likeness (QED) is 0.371.